The number of aryl methyl sites for hydroxylation is 1. The summed E-state index contributed by atoms with van der Waals surface area (Å²) in [5, 5.41) is 21.2. The molecule has 0 fully saturated rings. The number of hydrogen-bond donors (Lipinski definition) is 2. The van der Waals surface area contributed by atoms with Gasteiger partial charge < -0.3 is 29.2 Å². The summed E-state index contributed by atoms with van der Waals surface area (Å²) >= 11 is 0. The number of aromatic hydroxyl groups is 2. The lowest BCUT2D eigenvalue weighted by atomic mass is 10.00. The number of hydrogen-bond acceptors (Lipinski definition) is 9. The molecule has 182 valence electrons. The molecule has 0 atom stereocenters. The van der Waals surface area contributed by atoms with Crippen LogP contribution in [0.2, 0.25) is 0 Å². The molecular formula is C25H28O9. The van der Waals surface area contributed by atoms with E-state index >= 15 is 0 Å². The zero-order chi connectivity index (χ0) is 25.0. The summed E-state index contributed by atoms with van der Waals surface area (Å²) in [5.41, 5.74) is 0.0352. The van der Waals surface area contributed by atoms with E-state index < -0.39 is 17.7 Å². The van der Waals surface area contributed by atoms with E-state index in [1.165, 1.54) is 13.0 Å². The number of carbonyl (C=O) groups excluding carboxylic acids is 3. The van der Waals surface area contributed by atoms with Crippen molar-refractivity contribution in [2.75, 3.05) is 13.2 Å². The minimum absolute atomic E-state index is 0.0265. The molecular weight excluding hydrogens is 444 g/mol. The van der Waals surface area contributed by atoms with E-state index in [9.17, 15) is 24.6 Å². The predicted octanol–water partition coefficient (Wildman–Crippen LogP) is 4.74. The topological polar surface area (TPSA) is 129 Å². The number of fused-ring (bicyclic) bond motifs is 2. The third-order valence-corrected chi connectivity index (χ3v) is 5.57. The van der Waals surface area contributed by atoms with Crippen LogP contribution in [0, 0.1) is 13.8 Å². The van der Waals surface area contributed by atoms with E-state index in [1.54, 1.807) is 13.8 Å². The molecule has 2 aromatic rings. The fourth-order valence-corrected chi connectivity index (χ4v) is 3.77. The van der Waals surface area contributed by atoms with Crippen LogP contribution in [0.5, 0.6) is 28.7 Å². The number of esters is 2. The highest BCUT2D eigenvalue weighted by Crippen LogP contribution is 2.50. The van der Waals surface area contributed by atoms with Crippen molar-refractivity contribution < 1.29 is 43.5 Å². The highest BCUT2D eigenvalue weighted by molar-refractivity contribution is 6.03. The average molecular weight is 472 g/mol. The minimum atomic E-state index is -0.846. The Balaban J connectivity index is 2.22. The van der Waals surface area contributed by atoms with Crippen LogP contribution in [0.15, 0.2) is 6.07 Å². The monoisotopic (exact) mass is 472 g/mol. The summed E-state index contributed by atoms with van der Waals surface area (Å²) in [6, 6.07) is 1.26. The van der Waals surface area contributed by atoms with Gasteiger partial charge in [-0.2, -0.15) is 0 Å². The Morgan fingerprint density at radius 2 is 1.82 bits per heavy atom. The third-order valence-electron chi connectivity index (χ3n) is 5.57. The van der Waals surface area contributed by atoms with Crippen molar-refractivity contribution in [3.63, 3.8) is 0 Å². The first-order valence-corrected chi connectivity index (χ1v) is 11.1. The van der Waals surface area contributed by atoms with Crippen molar-refractivity contribution in [3.05, 3.63) is 39.4 Å². The maximum absolute atomic E-state index is 13.0. The summed E-state index contributed by atoms with van der Waals surface area (Å²) < 4.78 is 22.4. The van der Waals surface area contributed by atoms with Gasteiger partial charge in [-0.3, -0.25) is 4.79 Å². The summed E-state index contributed by atoms with van der Waals surface area (Å²) in [5.74, 6) is -2.83. The van der Waals surface area contributed by atoms with Crippen molar-refractivity contribution in [3.8, 4) is 28.7 Å². The standard InChI is InChI=1S/C25H28O9/c1-5-7-8-9-32-24(29)19-14(4)21-23(16(20(19)28)12-31-6-2)34-25(30)18-13(3)10-17(27)15(11-26)22(18)33-21/h10-11,27-28H,5-9,12H2,1-4H3. The van der Waals surface area contributed by atoms with E-state index in [4.69, 9.17) is 18.9 Å². The molecule has 1 aliphatic rings. The second-order valence-corrected chi connectivity index (χ2v) is 7.91. The molecule has 0 radical (unpaired) electrons. The quantitative estimate of drug-likeness (QED) is 0.230. The van der Waals surface area contributed by atoms with Gasteiger partial charge in [-0.05, 0) is 38.8 Å². The maximum Gasteiger partial charge on any atom is 0.347 e. The number of unbranched alkanes of at least 4 members (excludes halogenated alkanes) is 2. The van der Waals surface area contributed by atoms with Gasteiger partial charge in [0, 0.05) is 12.2 Å². The third kappa shape index (κ3) is 4.56. The normalized spacial score (nSPS) is 12.2. The molecule has 0 saturated carbocycles. The van der Waals surface area contributed by atoms with E-state index in [1.807, 2.05) is 6.92 Å². The van der Waals surface area contributed by atoms with Crippen LogP contribution >= 0.6 is 0 Å². The predicted molar refractivity (Wildman–Crippen MR) is 121 cm³/mol. The van der Waals surface area contributed by atoms with Crippen LogP contribution < -0.4 is 9.47 Å². The molecule has 9 heteroatoms. The summed E-state index contributed by atoms with van der Waals surface area (Å²) in [6.45, 7) is 7.10. The lowest BCUT2D eigenvalue weighted by molar-refractivity contribution is 0.0492. The van der Waals surface area contributed by atoms with Gasteiger partial charge in [-0.1, -0.05) is 19.8 Å². The minimum Gasteiger partial charge on any atom is -0.507 e. The Morgan fingerprint density at radius 3 is 2.47 bits per heavy atom. The lowest BCUT2D eigenvalue weighted by Gasteiger charge is -2.19. The first-order chi connectivity index (χ1) is 16.3. The maximum atomic E-state index is 13.0. The summed E-state index contributed by atoms with van der Waals surface area (Å²) in [7, 11) is 0. The van der Waals surface area contributed by atoms with Gasteiger partial charge in [-0.25, -0.2) is 9.59 Å². The van der Waals surface area contributed by atoms with E-state index in [-0.39, 0.29) is 70.6 Å². The van der Waals surface area contributed by atoms with Gasteiger partial charge in [-0.15, -0.1) is 0 Å². The lowest BCUT2D eigenvalue weighted by Crippen LogP contribution is -2.14. The van der Waals surface area contributed by atoms with Crippen LogP contribution in [0.3, 0.4) is 0 Å². The number of aldehydes is 1. The van der Waals surface area contributed by atoms with Gasteiger partial charge in [0.15, 0.2) is 23.5 Å². The second kappa shape index (κ2) is 10.6. The Morgan fingerprint density at radius 1 is 1.09 bits per heavy atom. The molecule has 34 heavy (non-hydrogen) atoms. The SMILES string of the molecule is CCCCCOC(=O)c1c(C)c2c(c(COCC)c1O)OC(=O)c1c(C)cc(O)c(C=O)c1O2. The van der Waals surface area contributed by atoms with Crippen LogP contribution in [0.4, 0.5) is 0 Å². The fraction of sp³-hybridized carbons (Fsp3) is 0.400. The van der Waals surface area contributed by atoms with Gasteiger partial charge in [0.25, 0.3) is 0 Å². The van der Waals surface area contributed by atoms with E-state index in [2.05, 4.69) is 0 Å². The number of benzene rings is 2. The highest BCUT2D eigenvalue weighted by Gasteiger charge is 2.35. The Hall–Kier alpha value is -3.59. The Labute approximate surface area is 197 Å². The molecule has 0 aliphatic carbocycles. The Kier molecular flexibility index (Phi) is 7.78. The molecule has 9 nitrogen and oxygen atoms in total. The number of rotatable bonds is 9. The molecule has 0 saturated heterocycles. The fourth-order valence-electron chi connectivity index (χ4n) is 3.77. The molecule has 1 heterocycles. The van der Waals surface area contributed by atoms with Crippen molar-refractivity contribution in [1.29, 1.82) is 0 Å². The van der Waals surface area contributed by atoms with Gasteiger partial charge in [0.2, 0.25) is 0 Å². The van der Waals surface area contributed by atoms with Gasteiger partial charge in [0.1, 0.15) is 22.6 Å². The molecule has 3 rings (SSSR count). The molecule has 0 amide bonds. The molecule has 0 bridgehead atoms. The summed E-state index contributed by atoms with van der Waals surface area (Å²) in [4.78, 5) is 37.6. The smallest absolute Gasteiger partial charge is 0.347 e. The number of phenolic OH excluding ortho intramolecular Hbond substituents is 2. The van der Waals surface area contributed by atoms with Gasteiger partial charge >= 0.3 is 11.9 Å². The molecule has 0 spiro atoms. The van der Waals surface area contributed by atoms with Crippen LogP contribution in [0.25, 0.3) is 0 Å². The zero-order valence-electron chi connectivity index (χ0n) is 19.6. The van der Waals surface area contributed by atoms with Crippen molar-refractivity contribution in [1.82, 2.24) is 0 Å². The van der Waals surface area contributed by atoms with Crippen LogP contribution in [0.1, 0.15) is 80.9 Å². The zero-order valence-corrected chi connectivity index (χ0v) is 19.6. The van der Waals surface area contributed by atoms with Crippen molar-refractivity contribution >= 4 is 18.2 Å². The first-order valence-electron chi connectivity index (χ1n) is 11.1. The highest BCUT2D eigenvalue weighted by atomic mass is 16.6. The molecule has 2 N–H and O–H groups in total. The molecule has 0 unspecified atom stereocenters. The number of carbonyl (C=O) groups is 3. The largest absolute Gasteiger partial charge is 0.507 e. The van der Waals surface area contributed by atoms with E-state index in [0.29, 0.717) is 18.3 Å². The second-order valence-electron chi connectivity index (χ2n) is 7.91. The van der Waals surface area contributed by atoms with Crippen molar-refractivity contribution in [2.45, 2.75) is 53.6 Å². The molecule has 0 aromatic heterocycles. The van der Waals surface area contributed by atoms with Crippen LogP contribution in [-0.2, 0) is 16.1 Å². The molecule has 1 aliphatic heterocycles. The van der Waals surface area contributed by atoms with Crippen molar-refractivity contribution in [2.24, 2.45) is 0 Å². The number of phenols is 2. The average Bonchev–Trinajstić information content (AvgIpc) is 2.94. The number of ether oxygens (including phenoxy) is 4. The molecule has 2 aromatic carbocycles. The van der Waals surface area contributed by atoms with Crippen LogP contribution in [-0.4, -0.2) is 41.7 Å². The van der Waals surface area contributed by atoms with Gasteiger partial charge in [0.05, 0.1) is 24.3 Å². The van der Waals surface area contributed by atoms with E-state index in [0.717, 1.165) is 12.8 Å². The first kappa shape index (κ1) is 25.0. The summed E-state index contributed by atoms with van der Waals surface area (Å²) in [6.07, 6.45) is 2.86. The Bertz CT molecular complexity index is 1130.